The Bertz CT molecular complexity index is 59.5. The molecule has 0 heterocycles. The van der Waals surface area contributed by atoms with Crippen LogP contribution in [0.2, 0.25) is 0 Å². The molecule has 0 aliphatic heterocycles. The molecular weight excluding hydrogens is 104 g/mol. The Morgan fingerprint density at radius 3 is 2.88 bits per heavy atom. The van der Waals surface area contributed by atoms with Gasteiger partial charge in [0.25, 0.3) is 0 Å². The second-order valence-electron chi connectivity index (χ2n) is 1.54. The largest absolute Gasteiger partial charge is 0.385 e. The van der Waals surface area contributed by atoms with Crippen LogP contribution in [0.3, 0.4) is 0 Å². The van der Waals surface area contributed by atoms with Crippen LogP contribution in [0.15, 0.2) is 12.7 Å². The molecule has 0 amide bonds. The molecular formula is C6H11O2. The topological polar surface area (TPSA) is 29.5 Å². The standard InChI is InChI=1S/C6H11O2/c1-3-4-8-5-6(2)7/h3,7H,1,4-5H2,2H3. The monoisotopic (exact) mass is 115 g/mol. The molecule has 0 rings (SSSR count). The van der Waals surface area contributed by atoms with E-state index >= 15 is 0 Å². The minimum absolute atomic E-state index is 0.298. The number of ether oxygens (including phenoxy) is 1. The fraction of sp³-hybridized carbons (Fsp3) is 0.500. The molecule has 0 aliphatic rings. The van der Waals surface area contributed by atoms with Crippen LogP contribution in [0.1, 0.15) is 6.92 Å². The van der Waals surface area contributed by atoms with Gasteiger partial charge < -0.3 is 9.84 Å². The summed E-state index contributed by atoms with van der Waals surface area (Å²) in [5.41, 5.74) is 0. The van der Waals surface area contributed by atoms with Crippen molar-refractivity contribution in [3.63, 3.8) is 0 Å². The number of rotatable bonds is 4. The zero-order chi connectivity index (χ0) is 6.41. The van der Waals surface area contributed by atoms with E-state index in [1.807, 2.05) is 0 Å². The Hall–Kier alpha value is -0.340. The van der Waals surface area contributed by atoms with Crippen LogP contribution >= 0.6 is 0 Å². The Kier molecular flexibility index (Phi) is 4.61. The lowest BCUT2D eigenvalue weighted by molar-refractivity contribution is 0.118. The molecule has 0 unspecified atom stereocenters. The Labute approximate surface area is 49.8 Å². The Morgan fingerprint density at radius 2 is 2.50 bits per heavy atom. The highest BCUT2D eigenvalue weighted by Crippen LogP contribution is 1.89. The minimum Gasteiger partial charge on any atom is -0.385 e. The molecule has 0 aromatic heterocycles. The van der Waals surface area contributed by atoms with E-state index < -0.39 is 0 Å². The first-order chi connectivity index (χ1) is 3.77. The van der Waals surface area contributed by atoms with Crippen LogP contribution in [-0.4, -0.2) is 18.3 Å². The fourth-order valence-electron chi connectivity index (χ4n) is 0.290. The molecule has 47 valence electrons. The van der Waals surface area contributed by atoms with Gasteiger partial charge in [-0.25, -0.2) is 0 Å². The van der Waals surface area contributed by atoms with Crippen molar-refractivity contribution in [3.8, 4) is 0 Å². The molecule has 0 bridgehead atoms. The van der Waals surface area contributed by atoms with Crippen molar-refractivity contribution < 1.29 is 9.84 Å². The highest BCUT2D eigenvalue weighted by Gasteiger charge is 1.92. The van der Waals surface area contributed by atoms with Crippen LogP contribution in [0.4, 0.5) is 0 Å². The average molecular weight is 115 g/mol. The van der Waals surface area contributed by atoms with Crippen molar-refractivity contribution >= 4 is 0 Å². The predicted molar refractivity (Wildman–Crippen MR) is 31.9 cm³/mol. The number of hydrogen-bond donors (Lipinski definition) is 1. The van der Waals surface area contributed by atoms with E-state index in [9.17, 15) is 0 Å². The Balaban J connectivity index is 2.81. The van der Waals surface area contributed by atoms with Crippen LogP contribution in [0.25, 0.3) is 0 Å². The third-order valence-corrected chi connectivity index (χ3v) is 0.547. The SMILES string of the molecule is C=CCOC[C](C)O. The number of aliphatic hydroxyl groups excluding tert-OH is 1. The summed E-state index contributed by atoms with van der Waals surface area (Å²) in [6.07, 6.45) is 1.94. The molecule has 0 saturated carbocycles. The first kappa shape index (κ1) is 7.66. The van der Waals surface area contributed by atoms with Gasteiger partial charge in [0.15, 0.2) is 0 Å². The van der Waals surface area contributed by atoms with Crippen molar-refractivity contribution in [2.45, 2.75) is 6.92 Å². The van der Waals surface area contributed by atoms with Gasteiger partial charge in [0.1, 0.15) is 6.10 Å². The lowest BCUT2D eigenvalue weighted by Gasteiger charge is -2.00. The van der Waals surface area contributed by atoms with E-state index in [0.29, 0.717) is 19.3 Å². The number of aliphatic hydroxyl groups is 1. The molecule has 1 N–H and O–H groups in total. The van der Waals surface area contributed by atoms with Gasteiger partial charge in [-0.05, 0) is 6.92 Å². The first-order valence-electron chi connectivity index (χ1n) is 2.47. The summed E-state index contributed by atoms with van der Waals surface area (Å²) in [4.78, 5) is 0. The molecule has 1 radical (unpaired) electrons. The van der Waals surface area contributed by atoms with Crippen molar-refractivity contribution in [3.05, 3.63) is 18.8 Å². The van der Waals surface area contributed by atoms with Crippen LogP contribution < -0.4 is 0 Å². The van der Waals surface area contributed by atoms with Gasteiger partial charge in [-0.3, -0.25) is 0 Å². The van der Waals surface area contributed by atoms with Gasteiger partial charge in [-0.1, -0.05) is 6.08 Å². The molecule has 0 fully saturated rings. The van der Waals surface area contributed by atoms with Crippen LogP contribution in [0.5, 0.6) is 0 Å². The summed E-state index contributed by atoms with van der Waals surface area (Å²) in [5.74, 6) is 0. The van der Waals surface area contributed by atoms with E-state index in [0.717, 1.165) is 0 Å². The highest BCUT2D eigenvalue weighted by molar-refractivity contribution is 4.69. The maximum atomic E-state index is 8.54. The molecule has 0 saturated heterocycles. The van der Waals surface area contributed by atoms with Gasteiger partial charge in [-0.2, -0.15) is 0 Å². The fourth-order valence-corrected chi connectivity index (χ4v) is 0.290. The minimum atomic E-state index is 0.298. The van der Waals surface area contributed by atoms with E-state index in [1.165, 1.54) is 0 Å². The molecule has 2 nitrogen and oxygen atoms in total. The Morgan fingerprint density at radius 1 is 1.88 bits per heavy atom. The van der Waals surface area contributed by atoms with Gasteiger partial charge in [-0.15, -0.1) is 6.58 Å². The van der Waals surface area contributed by atoms with Crippen molar-refractivity contribution in [2.75, 3.05) is 13.2 Å². The quantitative estimate of drug-likeness (QED) is 0.439. The van der Waals surface area contributed by atoms with Gasteiger partial charge >= 0.3 is 0 Å². The van der Waals surface area contributed by atoms with Gasteiger partial charge in [0.2, 0.25) is 0 Å². The molecule has 2 heteroatoms. The van der Waals surface area contributed by atoms with Gasteiger partial charge in [0, 0.05) is 0 Å². The van der Waals surface area contributed by atoms with Crippen molar-refractivity contribution in [2.24, 2.45) is 0 Å². The van der Waals surface area contributed by atoms with Crippen LogP contribution in [0, 0.1) is 6.10 Å². The normalized spacial score (nSPS) is 9.88. The molecule has 0 aromatic carbocycles. The van der Waals surface area contributed by atoms with E-state index in [1.54, 1.807) is 13.0 Å². The van der Waals surface area contributed by atoms with E-state index in [4.69, 9.17) is 9.84 Å². The number of hydrogen-bond acceptors (Lipinski definition) is 2. The maximum absolute atomic E-state index is 8.54. The summed E-state index contributed by atoms with van der Waals surface area (Å²) >= 11 is 0. The zero-order valence-electron chi connectivity index (χ0n) is 5.05. The van der Waals surface area contributed by atoms with Crippen LogP contribution in [-0.2, 0) is 4.74 Å². The lowest BCUT2D eigenvalue weighted by Crippen LogP contribution is -2.01. The molecule has 0 spiro atoms. The summed E-state index contributed by atoms with van der Waals surface area (Å²) in [5, 5.41) is 8.54. The smallest absolute Gasteiger partial charge is 0.116 e. The second-order valence-corrected chi connectivity index (χ2v) is 1.54. The summed E-state index contributed by atoms with van der Waals surface area (Å²) in [6.45, 7) is 5.85. The predicted octanol–water partition coefficient (Wildman–Crippen LogP) is 1.11. The second kappa shape index (κ2) is 4.81. The molecule has 8 heavy (non-hydrogen) atoms. The van der Waals surface area contributed by atoms with Crippen molar-refractivity contribution in [1.82, 2.24) is 0 Å². The third kappa shape index (κ3) is 5.66. The molecule has 0 aliphatic carbocycles. The third-order valence-electron chi connectivity index (χ3n) is 0.547. The zero-order valence-corrected chi connectivity index (χ0v) is 5.05. The molecule has 0 atom stereocenters. The highest BCUT2D eigenvalue weighted by atomic mass is 16.5. The van der Waals surface area contributed by atoms with E-state index in [2.05, 4.69) is 6.58 Å². The lowest BCUT2D eigenvalue weighted by atomic mass is 10.4. The van der Waals surface area contributed by atoms with E-state index in [-0.39, 0.29) is 0 Å². The van der Waals surface area contributed by atoms with Crippen molar-refractivity contribution in [1.29, 1.82) is 0 Å². The maximum Gasteiger partial charge on any atom is 0.116 e. The van der Waals surface area contributed by atoms with Gasteiger partial charge in [0.05, 0.1) is 13.2 Å². The summed E-state index contributed by atoms with van der Waals surface area (Å²) < 4.78 is 4.84. The summed E-state index contributed by atoms with van der Waals surface area (Å²) in [7, 11) is 0. The molecule has 0 aromatic rings. The summed E-state index contributed by atoms with van der Waals surface area (Å²) in [6, 6.07) is 0. The first-order valence-corrected chi connectivity index (χ1v) is 2.47. The average Bonchev–Trinajstić information content (AvgIpc) is 1.66.